The van der Waals surface area contributed by atoms with E-state index in [1.165, 1.54) is 34.6 Å². The predicted octanol–water partition coefficient (Wildman–Crippen LogP) is 5.49. The van der Waals surface area contributed by atoms with Crippen molar-refractivity contribution in [3.8, 4) is 22.9 Å². The van der Waals surface area contributed by atoms with Gasteiger partial charge in [0.2, 0.25) is 5.91 Å². The van der Waals surface area contributed by atoms with Crippen LogP contribution in [-0.4, -0.2) is 95.1 Å². The number of hydrogen-bond donors (Lipinski definition) is 5. The number of pyridine rings is 1. The van der Waals surface area contributed by atoms with Gasteiger partial charge in [-0.05, 0) is 69.9 Å². The molecule has 0 bridgehead atoms. The number of methoxy groups -OCH3 is 1. The van der Waals surface area contributed by atoms with Gasteiger partial charge in [-0.25, -0.2) is 23.1 Å². The van der Waals surface area contributed by atoms with Crippen LogP contribution in [-0.2, 0) is 19.6 Å². The first kappa shape index (κ1) is 40.8. The predicted molar refractivity (Wildman–Crippen MR) is 227 cm³/mol. The van der Waals surface area contributed by atoms with Gasteiger partial charge in [-0.2, -0.15) is 5.10 Å². The van der Waals surface area contributed by atoms with E-state index < -0.39 is 51.3 Å². The zero-order chi connectivity index (χ0) is 42.0. The van der Waals surface area contributed by atoms with Crippen molar-refractivity contribution < 1.29 is 32.3 Å². The van der Waals surface area contributed by atoms with Crippen LogP contribution in [0.2, 0.25) is 0 Å². The van der Waals surface area contributed by atoms with E-state index >= 15 is 0 Å². The molecule has 3 aliphatic rings. The number of amides is 3. The summed E-state index contributed by atoms with van der Waals surface area (Å²) in [6.45, 7) is 4.66. The normalized spacial score (nSPS) is 23.2. The molecule has 2 aliphatic heterocycles. The number of sulfonamides is 1. The van der Waals surface area contributed by atoms with Crippen LogP contribution in [0, 0.1) is 5.92 Å². The Bertz CT molecular complexity index is 2540. The number of hydrogen-bond acceptors (Lipinski definition) is 13. The number of carbonyl (C=O) groups is 3. The van der Waals surface area contributed by atoms with E-state index in [9.17, 15) is 22.8 Å². The highest BCUT2D eigenvalue weighted by Gasteiger charge is 2.61. The average Bonchev–Trinajstić information content (AvgIpc) is 3.69. The number of likely N-dealkylation sites (tertiary alicyclic amines) is 1. The number of benzene rings is 2. The fourth-order valence-corrected chi connectivity index (χ4v) is 9.82. The van der Waals surface area contributed by atoms with Crippen molar-refractivity contribution in [3.05, 3.63) is 84.0 Å². The number of carbonyl (C=O) groups excluding carboxylic acids is 3. The van der Waals surface area contributed by atoms with E-state index in [1.807, 2.05) is 37.4 Å². The Morgan fingerprint density at radius 3 is 2.70 bits per heavy atom. The van der Waals surface area contributed by atoms with E-state index in [2.05, 4.69) is 30.9 Å². The molecule has 5 heterocycles. The maximum Gasteiger partial charge on any atom is 0.272 e. The fraction of sp³-hybridized carbons (Fsp3) is 0.381. The minimum Gasteiger partial charge on any atom is -0.497 e. The highest BCUT2D eigenvalue weighted by Crippen LogP contribution is 2.46. The largest absolute Gasteiger partial charge is 0.497 e. The number of nitrogens with zero attached hydrogens (tertiary/aromatic N) is 4. The van der Waals surface area contributed by atoms with E-state index in [1.54, 1.807) is 43.5 Å². The van der Waals surface area contributed by atoms with Crippen molar-refractivity contribution in [3.63, 3.8) is 0 Å². The van der Waals surface area contributed by atoms with Gasteiger partial charge in [-0.3, -0.25) is 19.5 Å². The molecule has 8 rings (SSSR count). The van der Waals surface area contributed by atoms with Crippen molar-refractivity contribution in [2.45, 2.75) is 81.0 Å². The van der Waals surface area contributed by atoms with Gasteiger partial charge in [-0.15, -0.1) is 11.3 Å². The number of aromatic nitrogens is 4. The molecule has 2 aromatic carbocycles. The van der Waals surface area contributed by atoms with Crippen LogP contribution in [0.4, 0.5) is 10.8 Å². The van der Waals surface area contributed by atoms with Gasteiger partial charge in [-0.1, -0.05) is 30.7 Å². The number of anilines is 2. The van der Waals surface area contributed by atoms with E-state index in [4.69, 9.17) is 19.4 Å². The highest BCUT2D eigenvalue weighted by molar-refractivity contribution is 7.90. The molecule has 3 aromatic heterocycles. The van der Waals surface area contributed by atoms with Crippen LogP contribution in [0.5, 0.6) is 11.5 Å². The Labute approximate surface area is 351 Å². The minimum atomic E-state index is -4.35. The minimum absolute atomic E-state index is 0.0189. The molecule has 1 saturated carbocycles. The van der Waals surface area contributed by atoms with Crippen LogP contribution in [0.15, 0.2) is 83.2 Å². The lowest BCUT2D eigenvalue weighted by Crippen LogP contribution is -2.56. The Balaban J connectivity index is 1.10. The number of ether oxygens (including phenoxy) is 2. The van der Waals surface area contributed by atoms with E-state index in [0.717, 1.165) is 30.8 Å². The molecule has 5 aromatic rings. The first-order valence-electron chi connectivity index (χ1n) is 20.0. The maximum absolute atomic E-state index is 14.6. The number of rotatable bonds is 9. The lowest BCUT2D eigenvalue weighted by Gasteiger charge is -2.26. The molecule has 4 atom stereocenters. The number of nitrogens with one attached hydrogen (secondary N) is 5. The number of thiazole rings is 1. The van der Waals surface area contributed by atoms with Gasteiger partial charge in [0.1, 0.15) is 45.5 Å². The van der Waals surface area contributed by atoms with Gasteiger partial charge >= 0.3 is 0 Å². The van der Waals surface area contributed by atoms with Crippen LogP contribution >= 0.6 is 11.3 Å². The number of allylic oxidation sites excluding steroid dienone is 1. The molecule has 3 amide bonds. The highest BCUT2D eigenvalue weighted by atomic mass is 32.2. The third kappa shape index (κ3) is 8.52. The number of para-hydroxylation sites is 1. The number of aromatic amines is 1. The zero-order valence-corrected chi connectivity index (χ0v) is 35.1. The summed E-state index contributed by atoms with van der Waals surface area (Å²) in [6.07, 6.45) is 8.30. The Hall–Kier alpha value is -6.01. The molecule has 0 radical (unpaired) electrons. The van der Waals surface area contributed by atoms with Crippen molar-refractivity contribution in [2.75, 3.05) is 30.8 Å². The van der Waals surface area contributed by atoms with E-state index in [-0.39, 0.29) is 36.0 Å². The summed E-state index contributed by atoms with van der Waals surface area (Å²) in [6, 6.07) is 14.3. The molecule has 1 saturated heterocycles. The standard InChI is InChI=1S/C42H47N9O7S2/c1-25(2)45-41-47-34(24-59-41)33-21-36(29-15-14-27(57-3)19-32(29)46-33)58-28-20-35(51(23-28)39(53)31-16-18-44-49-31)38(52)48-42-22-26(42)11-7-5-4-6-10-17-43-30-12-8-9-13-37(30)60(55,56)50-40(42)54/h7-9,11-16,18-19,21,24-26,28,35,43H,4-6,10,17,20,22-23H2,1-3H3,(H,44,49)(H,45,47)(H,48,52)(H,50,54)/b11-7-/t26-,28-,35+,42-/m1/s1. The average molecular weight is 854 g/mol. The molecule has 18 heteroatoms. The zero-order valence-electron chi connectivity index (χ0n) is 33.4. The third-order valence-electron chi connectivity index (χ3n) is 10.9. The first-order chi connectivity index (χ1) is 28.9. The van der Waals surface area contributed by atoms with Crippen LogP contribution in [0.3, 0.4) is 0 Å². The molecule has 0 unspecified atom stereocenters. The van der Waals surface area contributed by atoms with Crippen LogP contribution in [0.25, 0.3) is 22.3 Å². The second-order valence-corrected chi connectivity index (χ2v) is 18.1. The lowest BCUT2D eigenvalue weighted by atomic mass is 10.1. The van der Waals surface area contributed by atoms with Crippen molar-refractivity contribution in [2.24, 2.45) is 5.92 Å². The van der Waals surface area contributed by atoms with Crippen LogP contribution < -0.4 is 30.1 Å². The topological polar surface area (TPSA) is 210 Å². The molecule has 16 nitrogen and oxygen atoms in total. The first-order valence-corrected chi connectivity index (χ1v) is 22.4. The second kappa shape index (κ2) is 16.9. The lowest BCUT2D eigenvalue weighted by molar-refractivity contribution is -0.131. The summed E-state index contributed by atoms with van der Waals surface area (Å²) >= 11 is 1.46. The van der Waals surface area contributed by atoms with Gasteiger partial charge in [0.15, 0.2) is 5.13 Å². The summed E-state index contributed by atoms with van der Waals surface area (Å²) in [4.78, 5) is 53.7. The van der Waals surface area contributed by atoms with Crippen molar-refractivity contribution in [1.29, 1.82) is 0 Å². The summed E-state index contributed by atoms with van der Waals surface area (Å²) in [5.41, 5.74) is 0.782. The summed E-state index contributed by atoms with van der Waals surface area (Å²) < 4.78 is 42.0. The fourth-order valence-electron chi connectivity index (χ4n) is 7.75. The van der Waals surface area contributed by atoms with Crippen molar-refractivity contribution >= 4 is 60.8 Å². The number of fused-ring (bicyclic) bond motifs is 3. The summed E-state index contributed by atoms with van der Waals surface area (Å²) in [7, 11) is -2.77. The van der Waals surface area contributed by atoms with Gasteiger partial charge in [0, 0.05) is 54.0 Å². The molecule has 2 fully saturated rings. The molecule has 0 spiro atoms. The Morgan fingerprint density at radius 1 is 1.05 bits per heavy atom. The number of H-pyrrole nitrogens is 1. The molecule has 5 N–H and O–H groups in total. The summed E-state index contributed by atoms with van der Waals surface area (Å²) in [5, 5.41) is 19.4. The van der Waals surface area contributed by atoms with Crippen molar-refractivity contribution in [1.82, 2.24) is 35.1 Å². The molecule has 314 valence electrons. The van der Waals surface area contributed by atoms with Crippen LogP contribution in [0.1, 0.15) is 62.9 Å². The quantitative estimate of drug-likeness (QED) is 0.117. The van der Waals surface area contributed by atoms with E-state index in [0.29, 0.717) is 46.0 Å². The SMILES string of the molecule is COc1ccc2c(O[C@@H]3C[C@@H](C(=O)N[C@]45C[C@H]4/C=C\CCCCCNc4ccccc4S(=O)(=O)NC5=O)N(C(=O)c4ccn[nH]4)C3)cc(-c3csc(NC(C)C)n3)nc2c1. The van der Waals surface area contributed by atoms with Gasteiger partial charge in [0.05, 0.1) is 30.6 Å². The molecular weight excluding hydrogens is 807 g/mol. The molecule has 1 aliphatic carbocycles. The monoisotopic (exact) mass is 853 g/mol. The summed E-state index contributed by atoms with van der Waals surface area (Å²) in [5.74, 6) is -1.36. The molecular formula is C42H47N9O7S2. The van der Waals surface area contributed by atoms with Gasteiger partial charge < -0.3 is 30.3 Å². The third-order valence-corrected chi connectivity index (χ3v) is 13.1. The Kier molecular flexibility index (Phi) is 11.5. The second-order valence-electron chi connectivity index (χ2n) is 15.6. The Morgan fingerprint density at radius 2 is 1.90 bits per heavy atom. The smallest absolute Gasteiger partial charge is 0.272 e. The van der Waals surface area contributed by atoms with Gasteiger partial charge in [0.25, 0.3) is 21.8 Å². The molecule has 60 heavy (non-hydrogen) atoms. The maximum atomic E-state index is 14.6.